The Balaban J connectivity index is 1.39. The second-order valence-electron chi connectivity index (χ2n) is 7.46. The van der Waals surface area contributed by atoms with Crippen molar-refractivity contribution in [2.24, 2.45) is 11.8 Å². The fourth-order valence-corrected chi connectivity index (χ4v) is 4.84. The van der Waals surface area contributed by atoms with Crippen molar-refractivity contribution < 1.29 is 18.7 Å². The van der Waals surface area contributed by atoms with Crippen LogP contribution in [-0.4, -0.2) is 54.7 Å². The number of rotatable bonds is 5. The van der Waals surface area contributed by atoms with Crippen LogP contribution in [0.25, 0.3) is 0 Å². The van der Waals surface area contributed by atoms with Crippen LogP contribution < -0.4 is 10.6 Å². The number of hydrogen-bond acceptors (Lipinski definition) is 4. The van der Waals surface area contributed by atoms with Crippen molar-refractivity contribution >= 4 is 23.5 Å². The molecule has 4 rings (SSSR count). The van der Waals surface area contributed by atoms with Crippen molar-refractivity contribution in [1.29, 1.82) is 0 Å². The van der Waals surface area contributed by atoms with Crippen molar-refractivity contribution in [3.05, 3.63) is 23.1 Å². The molecule has 1 aromatic heterocycles. The molecule has 142 valence electrons. The molecule has 26 heavy (non-hydrogen) atoms. The minimum absolute atomic E-state index is 0.0179. The summed E-state index contributed by atoms with van der Waals surface area (Å²) in [6.45, 7) is 4.55. The first-order valence-electron chi connectivity index (χ1n) is 9.26. The Bertz CT molecular complexity index is 708. The molecule has 8 heteroatoms. The van der Waals surface area contributed by atoms with Gasteiger partial charge in [0.05, 0.1) is 18.2 Å². The maximum absolute atomic E-state index is 12.3. The average Bonchev–Trinajstić information content (AvgIpc) is 3.37. The summed E-state index contributed by atoms with van der Waals surface area (Å²) in [4.78, 5) is 26.4. The van der Waals surface area contributed by atoms with E-state index in [0.717, 1.165) is 19.3 Å². The molecule has 2 bridgehead atoms. The van der Waals surface area contributed by atoms with E-state index in [1.165, 1.54) is 0 Å². The quantitative estimate of drug-likeness (QED) is 0.819. The third kappa shape index (κ3) is 2.97. The number of ether oxygens (including phenoxy) is 1. The third-order valence-electron chi connectivity index (χ3n) is 5.89. The Morgan fingerprint density at radius 3 is 2.96 bits per heavy atom. The zero-order valence-corrected chi connectivity index (χ0v) is 15.6. The lowest BCUT2D eigenvalue weighted by Crippen LogP contribution is -2.41. The van der Waals surface area contributed by atoms with Crippen LogP contribution in [0.15, 0.2) is 16.5 Å². The molecule has 3 aliphatic rings. The molecule has 3 amide bonds. The third-order valence-corrected chi connectivity index (χ3v) is 6.10. The van der Waals surface area contributed by atoms with Gasteiger partial charge in [-0.3, -0.25) is 4.79 Å². The molecule has 3 aliphatic heterocycles. The molecular weight excluding hydrogens is 358 g/mol. The molecule has 3 fully saturated rings. The predicted octanol–water partition coefficient (Wildman–Crippen LogP) is 2.26. The van der Waals surface area contributed by atoms with E-state index in [4.69, 9.17) is 20.8 Å². The van der Waals surface area contributed by atoms with Crippen LogP contribution >= 0.6 is 11.6 Å². The highest BCUT2D eigenvalue weighted by atomic mass is 35.5. The van der Waals surface area contributed by atoms with Crippen molar-refractivity contribution in [2.75, 3.05) is 26.2 Å². The zero-order chi connectivity index (χ0) is 18.3. The molecule has 3 saturated heterocycles. The first kappa shape index (κ1) is 17.7. The fourth-order valence-electron chi connectivity index (χ4n) is 4.70. The van der Waals surface area contributed by atoms with Crippen LogP contribution in [0.1, 0.15) is 36.7 Å². The standard InChI is InChI=1S/C18H24ClN3O4/c1-2-7-20-17(24)22-9-12-11(13-5-6-18(12,10-22)26-13)8-21-16(23)14-3-4-15(19)25-14/h3-4,11-13H,2,5-10H2,1H3,(H,20,24)(H,21,23)/t11-,12+,13+,18+/m0/s1. The summed E-state index contributed by atoms with van der Waals surface area (Å²) >= 11 is 5.73. The second-order valence-corrected chi connectivity index (χ2v) is 7.83. The fraction of sp³-hybridized carbons (Fsp3) is 0.667. The largest absolute Gasteiger partial charge is 0.440 e. The number of nitrogens with zero attached hydrogens (tertiary/aromatic N) is 1. The summed E-state index contributed by atoms with van der Waals surface area (Å²) in [7, 11) is 0. The van der Waals surface area contributed by atoms with Gasteiger partial charge in [0.1, 0.15) is 0 Å². The molecule has 0 unspecified atom stereocenters. The van der Waals surface area contributed by atoms with E-state index in [1.807, 2.05) is 11.8 Å². The van der Waals surface area contributed by atoms with Gasteiger partial charge in [-0.05, 0) is 43.0 Å². The number of carbonyl (C=O) groups is 2. The van der Waals surface area contributed by atoms with Gasteiger partial charge in [0, 0.05) is 31.5 Å². The highest BCUT2D eigenvalue weighted by Gasteiger charge is 2.63. The second kappa shape index (κ2) is 6.78. The number of furan rings is 1. The smallest absolute Gasteiger partial charge is 0.317 e. The number of likely N-dealkylation sites (tertiary alicyclic amines) is 1. The van der Waals surface area contributed by atoms with Crippen molar-refractivity contribution in [2.45, 2.75) is 37.9 Å². The van der Waals surface area contributed by atoms with Crippen LogP contribution in [0.4, 0.5) is 4.79 Å². The lowest BCUT2D eigenvalue weighted by molar-refractivity contribution is 0.00554. The lowest BCUT2D eigenvalue weighted by Gasteiger charge is -2.29. The normalized spacial score (nSPS) is 31.9. The molecule has 1 aromatic rings. The van der Waals surface area contributed by atoms with Gasteiger partial charge in [0.15, 0.2) is 11.0 Å². The SMILES string of the molecule is CCCNC(=O)N1C[C@@H]2[C@H](CNC(=O)c3ccc(Cl)o3)[C@H]3CC[C@]2(C1)O3. The number of nitrogens with one attached hydrogen (secondary N) is 2. The Labute approximate surface area is 157 Å². The molecule has 0 saturated carbocycles. The van der Waals surface area contributed by atoms with Gasteiger partial charge < -0.3 is 24.7 Å². The van der Waals surface area contributed by atoms with E-state index >= 15 is 0 Å². The minimum Gasteiger partial charge on any atom is -0.440 e. The van der Waals surface area contributed by atoms with Crippen LogP contribution in [0.2, 0.25) is 5.22 Å². The summed E-state index contributed by atoms with van der Waals surface area (Å²) in [6.07, 6.45) is 3.03. The zero-order valence-electron chi connectivity index (χ0n) is 14.8. The van der Waals surface area contributed by atoms with Gasteiger partial charge >= 0.3 is 6.03 Å². The Hall–Kier alpha value is -1.73. The minimum atomic E-state index is -0.274. The monoisotopic (exact) mass is 381 g/mol. The number of urea groups is 1. The van der Waals surface area contributed by atoms with Crippen LogP contribution in [0, 0.1) is 11.8 Å². The molecule has 4 heterocycles. The summed E-state index contributed by atoms with van der Waals surface area (Å²) in [5.41, 5.74) is -0.238. The van der Waals surface area contributed by atoms with Gasteiger partial charge in [0.25, 0.3) is 5.91 Å². The van der Waals surface area contributed by atoms with Crippen molar-refractivity contribution in [3.8, 4) is 0 Å². The van der Waals surface area contributed by atoms with Gasteiger partial charge in [-0.1, -0.05) is 6.92 Å². The van der Waals surface area contributed by atoms with Gasteiger partial charge in [-0.15, -0.1) is 0 Å². The van der Waals surface area contributed by atoms with Crippen LogP contribution in [-0.2, 0) is 4.74 Å². The average molecular weight is 382 g/mol. The number of carbonyl (C=O) groups excluding carboxylic acids is 2. The van der Waals surface area contributed by atoms with Crippen molar-refractivity contribution in [3.63, 3.8) is 0 Å². The number of hydrogen-bond donors (Lipinski definition) is 2. The molecule has 1 spiro atoms. The molecular formula is C18H24ClN3O4. The highest BCUT2D eigenvalue weighted by molar-refractivity contribution is 6.29. The maximum Gasteiger partial charge on any atom is 0.317 e. The lowest BCUT2D eigenvalue weighted by atomic mass is 9.73. The molecule has 7 nitrogen and oxygen atoms in total. The van der Waals surface area contributed by atoms with E-state index in [2.05, 4.69) is 10.6 Å². The van der Waals surface area contributed by atoms with Gasteiger partial charge in [-0.25, -0.2) is 4.79 Å². The Morgan fingerprint density at radius 2 is 2.23 bits per heavy atom. The Kier molecular flexibility index (Phi) is 4.61. The summed E-state index contributed by atoms with van der Waals surface area (Å²) < 4.78 is 11.5. The highest BCUT2D eigenvalue weighted by Crippen LogP contribution is 2.54. The summed E-state index contributed by atoms with van der Waals surface area (Å²) in [5.74, 6) is 0.404. The number of fused-ring (bicyclic) bond motifs is 1. The Morgan fingerprint density at radius 1 is 1.38 bits per heavy atom. The van der Waals surface area contributed by atoms with Gasteiger partial charge in [0.2, 0.25) is 0 Å². The number of amides is 3. The molecule has 0 aromatic carbocycles. The summed E-state index contributed by atoms with van der Waals surface area (Å²) in [5, 5.41) is 6.08. The van der Waals surface area contributed by atoms with E-state index < -0.39 is 0 Å². The van der Waals surface area contributed by atoms with Crippen molar-refractivity contribution in [1.82, 2.24) is 15.5 Å². The molecule has 0 radical (unpaired) electrons. The number of halogens is 1. The van der Waals surface area contributed by atoms with Gasteiger partial charge in [-0.2, -0.15) is 0 Å². The molecule has 2 N–H and O–H groups in total. The van der Waals surface area contributed by atoms with Crippen LogP contribution in [0.5, 0.6) is 0 Å². The summed E-state index contributed by atoms with van der Waals surface area (Å²) in [6, 6.07) is 3.09. The van der Waals surface area contributed by atoms with E-state index in [0.29, 0.717) is 26.2 Å². The van der Waals surface area contributed by atoms with Crippen LogP contribution in [0.3, 0.4) is 0 Å². The topological polar surface area (TPSA) is 83.8 Å². The first-order chi connectivity index (χ1) is 12.5. The molecule has 4 atom stereocenters. The van der Waals surface area contributed by atoms with E-state index in [1.54, 1.807) is 12.1 Å². The van der Waals surface area contributed by atoms with E-state index in [9.17, 15) is 9.59 Å². The first-order valence-corrected chi connectivity index (χ1v) is 9.64. The predicted molar refractivity (Wildman–Crippen MR) is 95.1 cm³/mol. The molecule has 0 aliphatic carbocycles. The maximum atomic E-state index is 12.3. The van der Waals surface area contributed by atoms with E-state index in [-0.39, 0.29) is 46.5 Å².